The third kappa shape index (κ3) is 8.29. The van der Waals surface area contributed by atoms with Gasteiger partial charge in [0.2, 0.25) is 11.8 Å². The molecule has 0 saturated carbocycles. The van der Waals surface area contributed by atoms with Crippen LogP contribution in [0.5, 0.6) is 11.5 Å². The summed E-state index contributed by atoms with van der Waals surface area (Å²) in [6.07, 6.45) is 2.80. The molecule has 0 aliphatic carbocycles. The lowest BCUT2D eigenvalue weighted by Crippen LogP contribution is -2.31. The highest BCUT2D eigenvalue weighted by Crippen LogP contribution is 2.28. The van der Waals surface area contributed by atoms with Crippen molar-refractivity contribution in [1.82, 2.24) is 10.7 Å². The lowest BCUT2D eigenvalue weighted by Gasteiger charge is -2.11. The average molecular weight is 363 g/mol. The van der Waals surface area contributed by atoms with Crippen LogP contribution in [0.4, 0.5) is 0 Å². The number of methoxy groups -OCH3 is 1. The van der Waals surface area contributed by atoms with Crippen LogP contribution in [0.2, 0.25) is 0 Å². The monoisotopic (exact) mass is 363 g/mol. The van der Waals surface area contributed by atoms with Gasteiger partial charge in [0, 0.05) is 13.7 Å². The van der Waals surface area contributed by atoms with E-state index in [1.807, 2.05) is 6.92 Å². The van der Waals surface area contributed by atoms with Crippen LogP contribution in [0.15, 0.2) is 36.0 Å². The van der Waals surface area contributed by atoms with Crippen LogP contribution in [0.1, 0.15) is 18.9 Å². The molecule has 1 aromatic rings. The molecule has 0 fully saturated rings. The van der Waals surface area contributed by atoms with Gasteiger partial charge in [-0.2, -0.15) is 5.10 Å². The molecule has 0 radical (unpaired) electrons. The highest BCUT2D eigenvalue weighted by Gasteiger charge is 2.08. The Kier molecular flexibility index (Phi) is 10.2. The van der Waals surface area contributed by atoms with E-state index < -0.39 is 11.8 Å². The molecule has 0 bridgehead atoms. The number of carbonyl (C=O) groups is 2. The van der Waals surface area contributed by atoms with Gasteiger partial charge < -0.3 is 19.5 Å². The first-order valence-electron chi connectivity index (χ1n) is 8.18. The zero-order valence-corrected chi connectivity index (χ0v) is 15.1. The van der Waals surface area contributed by atoms with E-state index in [0.29, 0.717) is 43.4 Å². The van der Waals surface area contributed by atoms with Gasteiger partial charge in [-0.3, -0.25) is 9.59 Å². The maximum Gasteiger partial charge on any atom is 0.249 e. The topological polar surface area (TPSA) is 98.2 Å². The van der Waals surface area contributed by atoms with Crippen LogP contribution < -0.4 is 20.2 Å². The zero-order valence-electron chi connectivity index (χ0n) is 15.1. The molecule has 2 amide bonds. The summed E-state index contributed by atoms with van der Waals surface area (Å²) in [4.78, 5) is 23.1. The zero-order chi connectivity index (χ0) is 19.2. The molecular weight excluding hydrogens is 338 g/mol. The number of nitrogens with one attached hydrogen (secondary N) is 2. The Morgan fingerprint density at radius 2 is 2.04 bits per heavy atom. The molecule has 0 spiro atoms. The number of amides is 2. The predicted molar refractivity (Wildman–Crippen MR) is 98.5 cm³/mol. The first-order valence-corrected chi connectivity index (χ1v) is 8.18. The van der Waals surface area contributed by atoms with Crippen molar-refractivity contribution in [3.8, 4) is 11.5 Å². The molecule has 0 aromatic heterocycles. The van der Waals surface area contributed by atoms with Gasteiger partial charge in [0.25, 0.3) is 0 Å². The van der Waals surface area contributed by atoms with Crippen molar-refractivity contribution >= 4 is 18.0 Å². The van der Waals surface area contributed by atoms with Crippen molar-refractivity contribution in [3.05, 3.63) is 36.4 Å². The number of ether oxygens (including phenoxy) is 3. The van der Waals surface area contributed by atoms with E-state index in [2.05, 4.69) is 22.4 Å². The summed E-state index contributed by atoms with van der Waals surface area (Å²) < 4.78 is 15.8. The van der Waals surface area contributed by atoms with Gasteiger partial charge in [0.15, 0.2) is 11.5 Å². The number of hydrazone groups is 1. The van der Waals surface area contributed by atoms with Gasteiger partial charge in [-0.15, -0.1) is 0 Å². The van der Waals surface area contributed by atoms with Crippen LogP contribution in [0, 0.1) is 0 Å². The minimum atomic E-state index is -0.507. The van der Waals surface area contributed by atoms with E-state index in [1.165, 1.54) is 13.3 Å². The third-order valence-electron chi connectivity index (χ3n) is 2.98. The summed E-state index contributed by atoms with van der Waals surface area (Å²) in [6, 6.07) is 5.27. The van der Waals surface area contributed by atoms with E-state index in [9.17, 15) is 9.59 Å². The van der Waals surface area contributed by atoms with Crippen molar-refractivity contribution in [2.45, 2.75) is 13.3 Å². The van der Waals surface area contributed by atoms with Crippen molar-refractivity contribution in [1.29, 1.82) is 0 Å². The minimum absolute atomic E-state index is 0.306. The van der Waals surface area contributed by atoms with Crippen LogP contribution in [-0.2, 0) is 14.3 Å². The molecule has 0 saturated heterocycles. The summed E-state index contributed by atoms with van der Waals surface area (Å²) in [5, 5.41) is 6.40. The molecule has 1 rings (SSSR count). The predicted octanol–water partition coefficient (Wildman–Crippen LogP) is 1.25. The summed E-state index contributed by atoms with van der Waals surface area (Å²) in [6.45, 7) is 7.08. The van der Waals surface area contributed by atoms with Gasteiger partial charge in [0.05, 0.1) is 19.4 Å². The summed E-state index contributed by atoms with van der Waals surface area (Å²) >= 11 is 0. The van der Waals surface area contributed by atoms with Crippen LogP contribution in [0.25, 0.3) is 0 Å². The van der Waals surface area contributed by atoms with E-state index >= 15 is 0 Å². The van der Waals surface area contributed by atoms with Crippen molar-refractivity contribution < 1.29 is 23.8 Å². The fraction of sp³-hybridized carbons (Fsp3) is 0.389. The number of hydrogen-bond donors (Lipinski definition) is 2. The Hall–Kier alpha value is -2.87. The smallest absolute Gasteiger partial charge is 0.249 e. The number of carbonyl (C=O) groups excluding carboxylic acids is 2. The Morgan fingerprint density at radius 1 is 1.23 bits per heavy atom. The second-order valence-corrected chi connectivity index (χ2v) is 5.05. The molecule has 2 N–H and O–H groups in total. The standard InChI is InChI=1S/C18H25N3O5/c1-4-9-26-15-7-6-14(11-16(15)25-5-2)13-20-21-18(23)12-17(22)19-8-10-24-3/h4,6-7,11,13H,1,5,8-10,12H2,2-3H3,(H,19,22)(H,21,23)/b20-13-. The Labute approximate surface area is 153 Å². The Bertz CT molecular complexity index is 631. The number of rotatable bonds is 12. The molecule has 142 valence electrons. The molecule has 0 aliphatic heterocycles. The molecule has 0 atom stereocenters. The van der Waals surface area contributed by atoms with Crippen molar-refractivity contribution in [2.24, 2.45) is 5.10 Å². The molecule has 1 aromatic carbocycles. The van der Waals surface area contributed by atoms with Gasteiger partial charge in [-0.1, -0.05) is 12.7 Å². The van der Waals surface area contributed by atoms with Crippen LogP contribution in [-0.4, -0.2) is 51.5 Å². The van der Waals surface area contributed by atoms with Crippen molar-refractivity contribution in [3.63, 3.8) is 0 Å². The van der Waals surface area contributed by atoms with Gasteiger partial charge in [-0.25, -0.2) is 5.43 Å². The first-order chi connectivity index (χ1) is 12.6. The summed E-state index contributed by atoms with van der Waals surface area (Å²) in [7, 11) is 1.53. The molecule has 0 unspecified atom stereocenters. The maximum atomic E-state index is 11.6. The summed E-state index contributed by atoms with van der Waals surface area (Å²) in [5.74, 6) is 0.270. The van der Waals surface area contributed by atoms with Gasteiger partial charge >= 0.3 is 0 Å². The largest absolute Gasteiger partial charge is 0.490 e. The highest BCUT2D eigenvalue weighted by atomic mass is 16.5. The van der Waals surface area contributed by atoms with E-state index in [-0.39, 0.29) is 6.42 Å². The van der Waals surface area contributed by atoms with E-state index in [4.69, 9.17) is 14.2 Å². The lowest BCUT2D eigenvalue weighted by molar-refractivity contribution is -0.129. The van der Waals surface area contributed by atoms with Crippen LogP contribution >= 0.6 is 0 Å². The molecular formula is C18H25N3O5. The van der Waals surface area contributed by atoms with E-state index in [0.717, 1.165) is 0 Å². The third-order valence-corrected chi connectivity index (χ3v) is 2.98. The molecule has 0 aliphatic rings. The molecule has 8 heteroatoms. The molecule has 26 heavy (non-hydrogen) atoms. The van der Waals surface area contributed by atoms with E-state index in [1.54, 1.807) is 24.3 Å². The molecule has 8 nitrogen and oxygen atoms in total. The Balaban J connectivity index is 2.56. The normalized spacial score (nSPS) is 10.4. The quantitative estimate of drug-likeness (QED) is 0.191. The lowest BCUT2D eigenvalue weighted by atomic mass is 10.2. The van der Waals surface area contributed by atoms with Gasteiger partial charge in [-0.05, 0) is 30.7 Å². The highest BCUT2D eigenvalue weighted by molar-refractivity contribution is 5.97. The Morgan fingerprint density at radius 3 is 2.73 bits per heavy atom. The molecule has 0 heterocycles. The number of hydrogen-bond acceptors (Lipinski definition) is 6. The number of nitrogens with zero attached hydrogens (tertiary/aromatic N) is 1. The van der Waals surface area contributed by atoms with Gasteiger partial charge in [0.1, 0.15) is 13.0 Å². The average Bonchev–Trinajstić information content (AvgIpc) is 2.61. The fourth-order valence-corrected chi connectivity index (χ4v) is 1.86. The SMILES string of the molecule is C=CCOc1ccc(/C=N\NC(=O)CC(=O)NCCOC)cc1OCC. The first kappa shape index (κ1) is 21.2. The number of benzene rings is 1. The summed E-state index contributed by atoms with van der Waals surface area (Å²) in [5.41, 5.74) is 3.02. The maximum absolute atomic E-state index is 11.6. The van der Waals surface area contributed by atoms with Crippen molar-refractivity contribution in [2.75, 3.05) is 33.5 Å². The van der Waals surface area contributed by atoms with Crippen LogP contribution in [0.3, 0.4) is 0 Å². The fourth-order valence-electron chi connectivity index (χ4n) is 1.86. The second kappa shape index (κ2) is 12.5. The second-order valence-electron chi connectivity index (χ2n) is 5.05. The minimum Gasteiger partial charge on any atom is -0.490 e.